The van der Waals surface area contributed by atoms with Gasteiger partial charge in [-0.1, -0.05) is 24.4 Å². The van der Waals surface area contributed by atoms with Gasteiger partial charge in [-0.25, -0.2) is 13.4 Å². The van der Waals surface area contributed by atoms with Crippen molar-refractivity contribution < 1.29 is 8.42 Å². The zero-order valence-corrected chi connectivity index (χ0v) is 12.9. The monoisotopic (exact) mass is 352 g/mol. The van der Waals surface area contributed by atoms with Crippen LogP contribution in [0.5, 0.6) is 0 Å². The predicted octanol–water partition coefficient (Wildman–Crippen LogP) is 3.06. The molecule has 2 rings (SSSR count). The number of hydrogen-bond donors (Lipinski definition) is 0. The third kappa shape index (κ3) is 3.04. The van der Waals surface area contributed by atoms with Crippen LogP contribution >= 0.6 is 27.5 Å². The zero-order chi connectivity index (χ0) is 13.2. The zero-order valence-electron chi connectivity index (χ0n) is 9.77. The molecule has 0 aliphatic carbocycles. The highest BCUT2D eigenvalue weighted by Crippen LogP contribution is 2.27. The summed E-state index contributed by atoms with van der Waals surface area (Å²) in [6, 6.07) is 1.51. The molecule has 1 saturated heterocycles. The number of sulfonamides is 1. The summed E-state index contributed by atoms with van der Waals surface area (Å²) < 4.78 is 27.1. The van der Waals surface area contributed by atoms with Gasteiger partial charge in [0, 0.05) is 23.8 Å². The lowest BCUT2D eigenvalue weighted by Gasteiger charge is -2.20. The summed E-state index contributed by atoms with van der Waals surface area (Å²) in [4.78, 5) is 3.96. The fourth-order valence-corrected chi connectivity index (χ4v) is 4.44. The highest BCUT2D eigenvalue weighted by atomic mass is 79.9. The molecule has 0 spiro atoms. The summed E-state index contributed by atoms with van der Waals surface area (Å²) in [6.45, 7) is 1.12. The Bertz CT molecular complexity index is 528. The molecule has 1 aromatic heterocycles. The minimum atomic E-state index is -3.53. The molecule has 0 saturated carbocycles. The summed E-state index contributed by atoms with van der Waals surface area (Å²) >= 11 is 9.13. The first-order valence-electron chi connectivity index (χ1n) is 5.83. The highest BCUT2D eigenvalue weighted by molar-refractivity contribution is 9.10. The molecule has 0 unspecified atom stereocenters. The van der Waals surface area contributed by atoms with Crippen LogP contribution in [0.15, 0.2) is 21.6 Å². The SMILES string of the molecule is O=S(=O)(c1cc(Br)cnc1Cl)N1CCCCCC1. The Balaban J connectivity index is 2.37. The van der Waals surface area contributed by atoms with Crippen molar-refractivity contribution in [2.24, 2.45) is 0 Å². The second kappa shape index (κ2) is 5.86. The van der Waals surface area contributed by atoms with Gasteiger partial charge in [-0.3, -0.25) is 0 Å². The third-order valence-electron chi connectivity index (χ3n) is 2.96. The fourth-order valence-electron chi connectivity index (χ4n) is 2.01. The molecule has 0 radical (unpaired) electrons. The van der Waals surface area contributed by atoms with Crippen LogP contribution in [0.25, 0.3) is 0 Å². The summed E-state index contributed by atoms with van der Waals surface area (Å²) in [5.74, 6) is 0. The number of hydrogen-bond acceptors (Lipinski definition) is 3. The molecule has 0 aromatic carbocycles. The minimum absolute atomic E-state index is 0.0300. The Morgan fingerprint density at radius 2 is 1.83 bits per heavy atom. The molecule has 4 nitrogen and oxygen atoms in total. The van der Waals surface area contributed by atoms with Crippen LogP contribution in [0, 0.1) is 0 Å². The second-order valence-electron chi connectivity index (χ2n) is 4.26. The lowest BCUT2D eigenvalue weighted by molar-refractivity contribution is 0.423. The van der Waals surface area contributed by atoms with Gasteiger partial charge in [0.15, 0.2) is 0 Å². The van der Waals surface area contributed by atoms with Crippen molar-refractivity contribution in [2.45, 2.75) is 30.6 Å². The number of nitrogens with zero attached hydrogens (tertiary/aromatic N) is 2. The average Bonchev–Trinajstić information content (AvgIpc) is 2.61. The van der Waals surface area contributed by atoms with E-state index in [9.17, 15) is 8.42 Å². The Hall–Kier alpha value is -0.170. The number of rotatable bonds is 2. The van der Waals surface area contributed by atoms with Crippen LogP contribution < -0.4 is 0 Å². The molecule has 7 heteroatoms. The quantitative estimate of drug-likeness (QED) is 0.768. The molecule has 0 N–H and O–H groups in total. The van der Waals surface area contributed by atoms with E-state index in [1.165, 1.54) is 16.6 Å². The molecule has 2 heterocycles. The molecule has 100 valence electrons. The lowest BCUT2D eigenvalue weighted by atomic mass is 10.2. The highest BCUT2D eigenvalue weighted by Gasteiger charge is 2.28. The number of halogens is 2. The van der Waals surface area contributed by atoms with E-state index in [1.54, 1.807) is 0 Å². The van der Waals surface area contributed by atoms with E-state index in [-0.39, 0.29) is 10.0 Å². The predicted molar refractivity (Wildman–Crippen MR) is 74.2 cm³/mol. The van der Waals surface area contributed by atoms with E-state index in [4.69, 9.17) is 11.6 Å². The van der Waals surface area contributed by atoms with Gasteiger partial charge in [0.25, 0.3) is 0 Å². The Labute approximate surface area is 121 Å². The molecule has 0 amide bonds. The Morgan fingerprint density at radius 1 is 1.22 bits per heavy atom. The van der Waals surface area contributed by atoms with Gasteiger partial charge in [-0.2, -0.15) is 4.31 Å². The van der Waals surface area contributed by atoms with E-state index < -0.39 is 10.0 Å². The molecule has 1 fully saturated rings. The second-order valence-corrected chi connectivity index (χ2v) is 7.44. The van der Waals surface area contributed by atoms with Gasteiger partial charge in [0.1, 0.15) is 10.0 Å². The van der Waals surface area contributed by atoms with Crippen molar-refractivity contribution in [1.82, 2.24) is 9.29 Å². The molecule has 0 bridgehead atoms. The summed E-state index contributed by atoms with van der Waals surface area (Å²) in [6.07, 6.45) is 5.45. The fraction of sp³-hybridized carbons (Fsp3) is 0.545. The first kappa shape index (κ1) is 14.2. The van der Waals surface area contributed by atoms with Crippen molar-refractivity contribution in [3.8, 4) is 0 Å². The van der Waals surface area contributed by atoms with Crippen LogP contribution in [0.1, 0.15) is 25.7 Å². The van der Waals surface area contributed by atoms with E-state index in [0.29, 0.717) is 17.6 Å². The van der Waals surface area contributed by atoms with Crippen molar-refractivity contribution in [3.63, 3.8) is 0 Å². The molecule has 1 aliphatic heterocycles. The topological polar surface area (TPSA) is 50.3 Å². The van der Waals surface area contributed by atoms with Crippen molar-refractivity contribution >= 4 is 37.6 Å². The maximum atomic E-state index is 12.5. The number of aromatic nitrogens is 1. The van der Waals surface area contributed by atoms with Gasteiger partial charge in [0.05, 0.1) is 0 Å². The summed E-state index contributed by atoms with van der Waals surface area (Å²) in [5, 5.41) is 0.0300. The first-order chi connectivity index (χ1) is 8.51. The molecule has 18 heavy (non-hydrogen) atoms. The smallest absolute Gasteiger partial charge is 0.242 e. The van der Waals surface area contributed by atoms with Crippen LogP contribution in [0.2, 0.25) is 5.15 Å². The normalized spacial score (nSPS) is 18.6. The van der Waals surface area contributed by atoms with E-state index in [2.05, 4.69) is 20.9 Å². The standard InChI is InChI=1S/C11H14BrClN2O2S/c12-9-7-10(11(13)14-8-9)18(16,17)15-5-3-1-2-4-6-15/h7-8H,1-6H2. The van der Waals surface area contributed by atoms with Gasteiger partial charge < -0.3 is 0 Å². The number of pyridine rings is 1. The molecular formula is C11H14BrClN2O2S. The van der Waals surface area contributed by atoms with Crippen LogP contribution in [-0.2, 0) is 10.0 Å². The largest absolute Gasteiger partial charge is 0.246 e. The van der Waals surface area contributed by atoms with E-state index in [0.717, 1.165) is 25.7 Å². The van der Waals surface area contributed by atoms with E-state index in [1.807, 2.05) is 0 Å². The summed E-state index contributed by atoms with van der Waals surface area (Å²) in [5.41, 5.74) is 0. The van der Waals surface area contributed by atoms with Crippen molar-refractivity contribution in [1.29, 1.82) is 0 Å². The molecule has 0 atom stereocenters. The van der Waals surface area contributed by atoms with Crippen molar-refractivity contribution in [3.05, 3.63) is 21.9 Å². The van der Waals surface area contributed by atoms with Crippen LogP contribution in [0.3, 0.4) is 0 Å². The molecular weight excluding hydrogens is 340 g/mol. The van der Waals surface area contributed by atoms with Gasteiger partial charge >= 0.3 is 0 Å². The van der Waals surface area contributed by atoms with E-state index >= 15 is 0 Å². The first-order valence-corrected chi connectivity index (χ1v) is 8.44. The average molecular weight is 354 g/mol. The van der Waals surface area contributed by atoms with Gasteiger partial charge in [-0.05, 0) is 34.8 Å². The summed E-state index contributed by atoms with van der Waals surface area (Å²) in [7, 11) is -3.53. The van der Waals surface area contributed by atoms with Crippen molar-refractivity contribution in [2.75, 3.05) is 13.1 Å². The van der Waals surface area contributed by atoms with Crippen LogP contribution in [0.4, 0.5) is 0 Å². The van der Waals surface area contributed by atoms with Gasteiger partial charge in [0.2, 0.25) is 10.0 Å². The van der Waals surface area contributed by atoms with Gasteiger partial charge in [-0.15, -0.1) is 0 Å². The Kier molecular flexibility index (Phi) is 4.64. The maximum absolute atomic E-state index is 12.5. The molecule has 1 aromatic rings. The third-order valence-corrected chi connectivity index (χ3v) is 5.72. The molecule has 1 aliphatic rings. The maximum Gasteiger partial charge on any atom is 0.246 e. The lowest BCUT2D eigenvalue weighted by Crippen LogP contribution is -2.32. The minimum Gasteiger partial charge on any atom is -0.242 e. The Morgan fingerprint density at radius 3 is 2.44 bits per heavy atom. The van der Waals surface area contributed by atoms with Crippen LogP contribution in [-0.4, -0.2) is 30.8 Å².